The molecule has 0 aromatic carbocycles. The van der Waals surface area contributed by atoms with E-state index in [0.29, 0.717) is 0 Å². The van der Waals surface area contributed by atoms with Gasteiger partial charge >= 0.3 is 11.9 Å². The van der Waals surface area contributed by atoms with Crippen LogP contribution < -0.4 is 0 Å². The maximum Gasteiger partial charge on any atom is 0.320 e. The number of hydrogen-bond donors (Lipinski definition) is 0. The largest absolute Gasteiger partial charge is 0.465 e. The van der Waals surface area contributed by atoms with Gasteiger partial charge < -0.3 is 18.5 Å². The molecule has 0 aromatic heterocycles. The van der Waals surface area contributed by atoms with E-state index in [2.05, 4.69) is 17.0 Å². The van der Waals surface area contributed by atoms with Crippen molar-refractivity contribution in [3.8, 4) is 0 Å². The predicted octanol–water partition coefficient (Wildman–Crippen LogP) is 2.06. The first-order valence-corrected chi connectivity index (χ1v) is 9.71. The monoisotopic (exact) mass is 346 g/mol. The number of rotatable bonds is 9. The lowest BCUT2D eigenvalue weighted by Crippen LogP contribution is -2.24. The van der Waals surface area contributed by atoms with Crippen LogP contribution in [-0.4, -0.2) is 43.6 Å². The lowest BCUT2D eigenvalue weighted by molar-refractivity contribution is -0.145. The zero-order valence-corrected chi connectivity index (χ0v) is 14.0. The molecule has 0 fully saturated rings. The van der Waals surface area contributed by atoms with Gasteiger partial charge in [-0.2, -0.15) is 0 Å². The summed E-state index contributed by atoms with van der Waals surface area (Å²) in [5.74, 6) is -1.22. The molecule has 0 heterocycles. The van der Waals surface area contributed by atoms with Gasteiger partial charge in [-0.15, -0.1) is 0 Å². The van der Waals surface area contributed by atoms with Crippen LogP contribution >= 0.6 is 29.3 Å². The summed E-state index contributed by atoms with van der Waals surface area (Å²) < 4.78 is 19.5. The summed E-state index contributed by atoms with van der Waals surface area (Å²) in [6, 6.07) is 0. The van der Waals surface area contributed by atoms with E-state index in [1.165, 1.54) is 14.2 Å². The average Bonchev–Trinajstić information content (AvgIpc) is 2.38. The van der Waals surface area contributed by atoms with Gasteiger partial charge in [0.05, 0.1) is 13.0 Å². The molecule has 0 rings (SSSR count). The van der Waals surface area contributed by atoms with Crippen LogP contribution in [0.3, 0.4) is 0 Å². The summed E-state index contributed by atoms with van der Waals surface area (Å²) in [6.45, 7) is 1.86. The topological polar surface area (TPSA) is 71.1 Å². The third kappa shape index (κ3) is 7.34. The quantitative estimate of drug-likeness (QED) is 0.354. The molecule has 0 radical (unpaired) electrons. The summed E-state index contributed by atoms with van der Waals surface area (Å²) in [7, 11) is 2.77. The minimum absolute atomic E-state index is 0.195. The second-order valence-corrected chi connectivity index (χ2v) is 9.76. The Labute approximate surface area is 126 Å². The smallest absolute Gasteiger partial charge is 0.320 e. The van der Waals surface area contributed by atoms with E-state index in [1.807, 2.05) is 0 Å². The van der Waals surface area contributed by atoms with E-state index >= 15 is 0 Å². The molecule has 0 saturated carbocycles. The number of thiocarbonyl (C=S) groups is 1. The average molecular weight is 346 g/mol. The van der Waals surface area contributed by atoms with Crippen LogP contribution in [0.5, 0.6) is 0 Å². The van der Waals surface area contributed by atoms with Crippen molar-refractivity contribution in [3.63, 3.8) is 0 Å². The van der Waals surface area contributed by atoms with Gasteiger partial charge in [0.2, 0.25) is 5.69 Å². The highest BCUT2D eigenvalue weighted by Crippen LogP contribution is 2.62. The molecular formula is C9H15O6PS3. The predicted molar refractivity (Wildman–Crippen MR) is 80.7 cm³/mol. The molecule has 1 unspecified atom stereocenters. The highest BCUT2D eigenvalue weighted by atomic mass is 32.9. The van der Waals surface area contributed by atoms with Crippen LogP contribution in [-0.2, 0) is 39.9 Å². The van der Waals surface area contributed by atoms with Gasteiger partial charge in [0.15, 0.2) is 5.55 Å². The van der Waals surface area contributed by atoms with E-state index in [1.54, 1.807) is 6.92 Å². The molecule has 0 aliphatic carbocycles. The Bertz CT molecular complexity index is 367. The Hall–Kier alpha value is -0.0500. The summed E-state index contributed by atoms with van der Waals surface area (Å²) >= 11 is 10.5. The van der Waals surface area contributed by atoms with E-state index in [9.17, 15) is 9.59 Å². The molecule has 0 aliphatic rings. The summed E-state index contributed by atoms with van der Waals surface area (Å²) in [5, 5.41) is -0.854. The van der Waals surface area contributed by atoms with Crippen molar-refractivity contribution in [1.29, 1.82) is 0 Å². The Morgan fingerprint density at radius 2 is 1.95 bits per heavy atom. The number of hydrogen-bond acceptors (Lipinski definition) is 9. The lowest BCUT2D eigenvalue weighted by atomic mass is 10.3. The highest BCUT2D eigenvalue weighted by Gasteiger charge is 2.32. The van der Waals surface area contributed by atoms with E-state index in [4.69, 9.17) is 25.6 Å². The van der Waals surface area contributed by atoms with Gasteiger partial charge in [-0.3, -0.25) is 9.59 Å². The van der Waals surface area contributed by atoms with Crippen LogP contribution in [0.15, 0.2) is 0 Å². The van der Waals surface area contributed by atoms with Crippen molar-refractivity contribution in [1.82, 2.24) is 0 Å². The molecule has 110 valence electrons. The first kappa shape index (κ1) is 18.9. The SMILES string of the molecule is CCOC(=O)C(CC(=O)OC=S)SP(=S)(OC)OC. The van der Waals surface area contributed by atoms with Gasteiger partial charge in [-0.1, -0.05) is 11.4 Å². The molecule has 0 aromatic rings. The lowest BCUT2D eigenvalue weighted by Gasteiger charge is -2.21. The van der Waals surface area contributed by atoms with Crippen LogP contribution in [0, 0.1) is 0 Å². The molecule has 6 nitrogen and oxygen atoms in total. The molecule has 0 aliphatic heterocycles. The number of carbonyl (C=O) groups excluding carboxylic acids is 2. The number of carbonyl (C=O) groups is 2. The molecule has 0 bridgehead atoms. The fourth-order valence-corrected chi connectivity index (χ4v) is 4.94. The minimum atomic E-state index is -2.68. The third-order valence-corrected chi connectivity index (χ3v) is 7.75. The summed E-state index contributed by atoms with van der Waals surface area (Å²) in [4.78, 5) is 23.1. The molecular weight excluding hydrogens is 331 g/mol. The minimum Gasteiger partial charge on any atom is -0.465 e. The molecule has 0 saturated heterocycles. The fraction of sp³-hybridized carbons (Fsp3) is 0.667. The molecule has 0 N–H and O–H groups in total. The summed E-state index contributed by atoms with van der Waals surface area (Å²) in [6.07, 6.45) is -0.220. The molecule has 0 spiro atoms. The third-order valence-electron chi connectivity index (χ3n) is 1.78. The highest BCUT2D eigenvalue weighted by molar-refractivity contribution is 8.68. The van der Waals surface area contributed by atoms with Gasteiger partial charge in [-0.05, 0) is 30.9 Å². The second kappa shape index (κ2) is 9.79. The van der Waals surface area contributed by atoms with Gasteiger partial charge in [0, 0.05) is 14.2 Å². The van der Waals surface area contributed by atoms with Gasteiger partial charge in [0.25, 0.3) is 0 Å². The zero-order chi connectivity index (χ0) is 14.9. The van der Waals surface area contributed by atoms with E-state index in [-0.39, 0.29) is 13.0 Å². The van der Waals surface area contributed by atoms with Crippen LogP contribution in [0.4, 0.5) is 0 Å². The molecule has 10 heteroatoms. The zero-order valence-electron chi connectivity index (χ0n) is 10.7. The fourth-order valence-electron chi connectivity index (χ4n) is 0.968. The molecule has 1 atom stereocenters. The van der Waals surface area contributed by atoms with Crippen LogP contribution in [0.2, 0.25) is 0 Å². The summed E-state index contributed by atoms with van der Waals surface area (Å²) in [5.41, 5.74) is -1.85. The van der Waals surface area contributed by atoms with Crippen LogP contribution in [0.25, 0.3) is 0 Å². The van der Waals surface area contributed by atoms with Crippen molar-refractivity contribution >= 4 is 58.6 Å². The Morgan fingerprint density at radius 3 is 2.37 bits per heavy atom. The first-order valence-electron chi connectivity index (χ1n) is 5.12. The van der Waals surface area contributed by atoms with Crippen molar-refractivity contribution in [2.24, 2.45) is 0 Å². The Balaban J connectivity index is 4.85. The van der Waals surface area contributed by atoms with Crippen molar-refractivity contribution in [2.45, 2.75) is 18.6 Å². The Kier molecular flexibility index (Phi) is 9.77. The van der Waals surface area contributed by atoms with Crippen molar-refractivity contribution in [2.75, 3.05) is 20.8 Å². The maximum absolute atomic E-state index is 11.8. The normalized spacial score (nSPS) is 12.6. The van der Waals surface area contributed by atoms with E-state index in [0.717, 1.165) is 16.9 Å². The van der Waals surface area contributed by atoms with Crippen molar-refractivity contribution in [3.05, 3.63) is 0 Å². The number of ether oxygens (including phenoxy) is 2. The molecule has 0 amide bonds. The Morgan fingerprint density at radius 1 is 1.37 bits per heavy atom. The second-order valence-electron chi connectivity index (χ2n) is 2.95. The first-order chi connectivity index (χ1) is 8.92. The van der Waals surface area contributed by atoms with Gasteiger partial charge in [0.1, 0.15) is 5.25 Å². The maximum atomic E-state index is 11.8. The standard InChI is InChI=1S/C9H15O6PS3/c1-4-14-9(11)7(5-8(10)15-6-17)19-16(18,12-2)13-3/h6-7H,4-5H2,1-3H3. The van der Waals surface area contributed by atoms with Gasteiger partial charge in [-0.25, -0.2) is 0 Å². The number of esters is 2. The van der Waals surface area contributed by atoms with E-state index < -0.39 is 22.9 Å². The van der Waals surface area contributed by atoms with Crippen molar-refractivity contribution < 1.29 is 28.1 Å². The molecule has 19 heavy (non-hydrogen) atoms. The van der Waals surface area contributed by atoms with Crippen LogP contribution in [0.1, 0.15) is 13.3 Å².